The zero-order valence-electron chi connectivity index (χ0n) is 20.3. The topological polar surface area (TPSA) is 116 Å². The van der Waals surface area contributed by atoms with Crippen LogP contribution in [0.15, 0.2) is 57.5 Å². The lowest BCUT2D eigenvalue weighted by Crippen LogP contribution is -2.40. The van der Waals surface area contributed by atoms with Crippen LogP contribution in [0.5, 0.6) is 6.01 Å². The zero-order chi connectivity index (χ0) is 27.4. The van der Waals surface area contributed by atoms with Crippen molar-refractivity contribution in [1.29, 1.82) is 0 Å². The Labute approximate surface area is 219 Å². The van der Waals surface area contributed by atoms with Crippen LogP contribution < -0.4 is 21.7 Å². The smallest absolute Gasteiger partial charge is 0.426 e. The SMILES string of the molecule is Cn1c(=O)n(CCOCCN)c(=O)c2c1nc(OC1=CCCC(OC(F)(F)F)=C1)n2Cc1ccc(Cl)cc1. The number of nitrogens with two attached hydrogens (primary N) is 1. The molecule has 204 valence electrons. The molecule has 2 aromatic heterocycles. The van der Waals surface area contributed by atoms with Crippen LogP contribution in [0.25, 0.3) is 11.2 Å². The molecule has 0 radical (unpaired) electrons. The van der Waals surface area contributed by atoms with Crippen LogP contribution in [0, 0.1) is 0 Å². The van der Waals surface area contributed by atoms with Crippen molar-refractivity contribution in [2.24, 2.45) is 12.8 Å². The first-order chi connectivity index (χ1) is 18.1. The summed E-state index contributed by atoms with van der Waals surface area (Å²) in [5, 5.41) is 0.512. The Balaban J connectivity index is 1.80. The van der Waals surface area contributed by atoms with Crippen LogP contribution in [0.1, 0.15) is 18.4 Å². The van der Waals surface area contributed by atoms with Gasteiger partial charge in [0.25, 0.3) is 5.56 Å². The second kappa shape index (κ2) is 11.5. The number of aromatic nitrogens is 4. The summed E-state index contributed by atoms with van der Waals surface area (Å²) in [7, 11) is 1.46. The zero-order valence-corrected chi connectivity index (χ0v) is 21.1. The van der Waals surface area contributed by atoms with Gasteiger partial charge in [0.2, 0.25) is 0 Å². The predicted octanol–water partition coefficient (Wildman–Crippen LogP) is 3.05. The van der Waals surface area contributed by atoms with E-state index in [1.807, 2.05) is 0 Å². The number of hydrogen-bond donors (Lipinski definition) is 1. The van der Waals surface area contributed by atoms with Crippen molar-refractivity contribution >= 4 is 22.8 Å². The number of alkyl halides is 3. The molecule has 0 spiro atoms. The first-order valence-corrected chi connectivity index (χ1v) is 12.0. The summed E-state index contributed by atoms with van der Waals surface area (Å²) >= 11 is 6.00. The first kappa shape index (κ1) is 27.5. The molecule has 4 rings (SSSR count). The van der Waals surface area contributed by atoms with Crippen molar-refractivity contribution in [2.75, 3.05) is 19.8 Å². The van der Waals surface area contributed by atoms with Crippen molar-refractivity contribution < 1.29 is 27.4 Å². The average Bonchev–Trinajstić information content (AvgIpc) is 3.20. The van der Waals surface area contributed by atoms with E-state index in [9.17, 15) is 22.8 Å². The molecule has 10 nitrogen and oxygen atoms in total. The van der Waals surface area contributed by atoms with Gasteiger partial charge in [-0.2, -0.15) is 4.98 Å². The summed E-state index contributed by atoms with van der Waals surface area (Å²) in [5.41, 5.74) is 5.05. The number of ether oxygens (including phenoxy) is 3. The van der Waals surface area contributed by atoms with Gasteiger partial charge >= 0.3 is 18.1 Å². The van der Waals surface area contributed by atoms with Crippen molar-refractivity contribution in [3.63, 3.8) is 0 Å². The Bertz CT molecular complexity index is 1490. The molecule has 38 heavy (non-hydrogen) atoms. The highest BCUT2D eigenvalue weighted by Gasteiger charge is 2.32. The van der Waals surface area contributed by atoms with Gasteiger partial charge < -0.3 is 19.9 Å². The molecule has 14 heteroatoms. The van der Waals surface area contributed by atoms with Crippen molar-refractivity contribution in [3.8, 4) is 6.01 Å². The molecular formula is C24H25ClF3N5O5. The first-order valence-electron chi connectivity index (χ1n) is 11.6. The lowest BCUT2D eigenvalue weighted by Gasteiger charge is -2.17. The van der Waals surface area contributed by atoms with E-state index >= 15 is 0 Å². The van der Waals surface area contributed by atoms with E-state index in [0.29, 0.717) is 11.6 Å². The summed E-state index contributed by atoms with van der Waals surface area (Å²) in [6.45, 7) is 0.734. The number of imidazole rings is 1. The summed E-state index contributed by atoms with van der Waals surface area (Å²) in [5.74, 6) is -0.258. The summed E-state index contributed by atoms with van der Waals surface area (Å²) in [6.07, 6.45) is -1.86. The lowest BCUT2D eigenvalue weighted by molar-refractivity contribution is -0.306. The van der Waals surface area contributed by atoms with E-state index in [0.717, 1.165) is 16.2 Å². The van der Waals surface area contributed by atoms with E-state index in [4.69, 9.17) is 26.8 Å². The lowest BCUT2D eigenvalue weighted by atomic mass is 10.1. The van der Waals surface area contributed by atoms with E-state index < -0.39 is 17.6 Å². The highest BCUT2D eigenvalue weighted by Crippen LogP contribution is 2.29. The molecule has 0 bridgehead atoms. The largest absolute Gasteiger partial charge is 0.572 e. The summed E-state index contributed by atoms with van der Waals surface area (Å²) < 4.78 is 57.1. The van der Waals surface area contributed by atoms with E-state index in [1.165, 1.54) is 16.2 Å². The third kappa shape index (κ3) is 6.29. The molecule has 1 aliphatic rings. The number of hydrogen-bond acceptors (Lipinski definition) is 7. The van der Waals surface area contributed by atoms with Gasteiger partial charge in [0, 0.05) is 31.1 Å². The van der Waals surface area contributed by atoms with Gasteiger partial charge in [-0.1, -0.05) is 23.7 Å². The molecule has 1 aromatic carbocycles. The van der Waals surface area contributed by atoms with Crippen LogP contribution >= 0.6 is 11.6 Å². The second-order valence-corrected chi connectivity index (χ2v) is 8.82. The fourth-order valence-electron chi connectivity index (χ4n) is 3.94. The maximum atomic E-state index is 13.5. The normalized spacial score (nSPS) is 13.9. The predicted molar refractivity (Wildman–Crippen MR) is 133 cm³/mol. The monoisotopic (exact) mass is 555 g/mol. The molecule has 0 atom stereocenters. The Hall–Kier alpha value is -3.55. The highest BCUT2D eigenvalue weighted by molar-refractivity contribution is 6.30. The maximum Gasteiger partial charge on any atom is 0.572 e. The molecule has 0 amide bonds. The highest BCUT2D eigenvalue weighted by atomic mass is 35.5. The number of aryl methyl sites for hydroxylation is 1. The molecule has 0 fully saturated rings. The van der Waals surface area contributed by atoms with Gasteiger partial charge in [0.15, 0.2) is 11.2 Å². The summed E-state index contributed by atoms with van der Waals surface area (Å²) in [4.78, 5) is 30.8. The van der Waals surface area contributed by atoms with Crippen LogP contribution in [0.4, 0.5) is 13.2 Å². The molecule has 1 aliphatic carbocycles. The van der Waals surface area contributed by atoms with Crippen molar-refractivity contribution in [3.05, 3.63) is 79.4 Å². The van der Waals surface area contributed by atoms with Gasteiger partial charge in [-0.15, -0.1) is 13.2 Å². The van der Waals surface area contributed by atoms with E-state index in [-0.39, 0.29) is 67.8 Å². The van der Waals surface area contributed by atoms with Crippen LogP contribution in [-0.4, -0.2) is 44.8 Å². The van der Waals surface area contributed by atoms with Gasteiger partial charge in [-0.05, 0) is 30.2 Å². The van der Waals surface area contributed by atoms with Gasteiger partial charge in [-0.3, -0.25) is 18.5 Å². The quantitative estimate of drug-likeness (QED) is 0.382. The Kier molecular flexibility index (Phi) is 8.29. The number of fused-ring (bicyclic) bond motifs is 1. The van der Waals surface area contributed by atoms with Crippen molar-refractivity contribution in [1.82, 2.24) is 18.7 Å². The minimum Gasteiger partial charge on any atom is -0.426 e. The molecule has 0 unspecified atom stereocenters. The molecule has 0 aliphatic heterocycles. The van der Waals surface area contributed by atoms with E-state index in [2.05, 4.69) is 9.72 Å². The van der Waals surface area contributed by atoms with Gasteiger partial charge in [0.1, 0.15) is 11.5 Å². The number of rotatable bonds is 10. The minimum absolute atomic E-state index is 0.0181. The molecule has 0 saturated carbocycles. The average molecular weight is 556 g/mol. The third-order valence-electron chi connectivity index (χ3n) is 5.67. The number of halogens is 4. The Morgan fingerprint density at radius 2 is 1.87 bits per heavy atom. The molecule has 2 N–H and O–H groups in total. The Morgan fingerprint density at radius 1 is 1.13 bits per heavy atom. The van der Waals surface area contributed by atoms with Crippen LogP contribution in [0.3, 0.4) is 0 Å². The molecule has 0 saturated heterocycles. The molecule has 2 heterocycles. The maximum absolute atomic E-state index is 13.5. The van der Waals surface area contributed by atoms with Crippen molar-refractivity contribution in [2.45, 2.75) is 32.3 Å². The fourth-order valence-corrected chi connectivity index (χ4v) is 4.07. The van der Waals surface area contributed by atoms with Gasteiger partial charge in [0.05, 0.1) is 26.3 Å². The Morgan fingerprint density at radius 3 is 2.55 bits per heavy atom. The number of nitrogens with zero attached hydrogens (tertiary/aromatic N) is 4. The molecular weight excluding hydrogens is 531 g/mol. The standard InChI is InChI=1S/C24H25ClF3N5O5/c1-31-20-19(21(34)32(23(31)35)10-12-36-11-9-29)33(14-15-5-7-16(25)8-6-15)22(30-20)37-17-3-2-4-18(13-17)38-24(26,27)28/h3,5-8,13H,2,4,9-12,14,29H2,1H3. The number of benzene rings is 1. The minimum atomic E-state index is -4.84. The van der Waals surface area contributed by atoms with Crippen LogP contribution in [-0.2, 0) is 29.6 Å². The van der Waals surface area contributed by atoms with Crippen LogP contribution in [0.2, 0.25) is 5.02 Å². The van der Waals surface area contributed by atoms with E-state index in [1.54, 1.807) is 30.3 Å². The molecule has 3 aromatic rings. The van der Waals surface area contributed by atoms with Gasteiger partial charge in [-0.25, -0.2) is 4.79 Å². The third-order valence-corrected chi connectivity index (χ3v) is 5.92. The fraction of sp³-hybridized carbons (Fsp3) is 0.375. The second-order valence-electron chi connectivity index (χ2n) is 8.38. The summed E-state index contributed by atoms with van der Waals surface area (Å²) in [6, 6.07) is 6.75. The number of allylic oxidation sites excluding steroid dienone is 3.